The molecule has 1 unspecified atom stereocenters. The molecule has 8 heteroatoms. The molecule has 2 heterocycles. The minimum Gasteiger partial charge on any atom is -0.493 e. The van der Waals surface area contributed by atoms with Gasteiger partial charge in [-0.25, -0.2) is 0 Å². The molecule has 4 rings (SSSR count). The molecule has 1 N–H and O–H groups in total. The van der Waals surface area contributed by atoms with E-state index in [4.69, 9.17) is 9.47 Å². The van der Waals surface area contributed by atoms with Crippen molar-refractivity contribution in [3.63, 3.8) is 0 Å². The van der Waals surface area contributed by atoms with Crippen molar-refractivity contribution in [1.82, 2.24) is 0 Å². The molecule has 2 aromatic carbocycles. The highest BCUT2D eigenvalue weighted by Gasteiger charge is 2.43. The number of amides is 2. The smallest absolute Gasteiger partial charge is 0.294 e. The second kappa shape index (κ2) is 8.77. The summed E-state index contributed by atoms with van der Waals surface area (Å²) >= 11 is 3.42. The molecule has 1 aromatic heterocycles. The Hall–Kier alpha value is -3.39. The van der Waals surface area contributed by atoms with Crippen LogP contribution in [0.15, 0.2) is 71.3 Å². The van der Waals surface area contributed by atoms with Crippen molar-refractivity contribution in [2.24, 2.45) is 0 Å². The maximum atomic E-state index is 13.5. The third-order valence-corrected chi connectivity index (χ3v) is 5.62. The number of carbonyl (C=O) groups excluding carboxylic acids is 2. The Kier molecular flexibility index (Phi) is 5.90. The van der Waals surface area contributed by atoms with Gasteiger partial charge in [-0.1, -0.05) is 22.0 Å². The lowest BCUT2D eigenvalue weighted by Gasteiger charge is -2.32. The van der Waals surface area contributed by atoms with E-state index in [1.807, 2.05) is 48.7 Å². The number of benzene rings is 2. The summed E-state index contributed by atoms with van der Waals surface area (Å²) in [4.78, 5) is 28.1. The summed E-state index contributed by atoms with van der Waals surface area (Å²) in [5.41, 5.74) is 1.91. The van der Waals surface area contributed by atoms with Gasteiger partial charge >= 0.3 is 0 Å². The van der Waals surface area contributed by atoms with Crippen LogP contribution < -0.4 is 24.3 Å². The first-order valence-corrected chi connectivity index (χ1v) is 10.4. The summed E-state index contributed by atoms with van der Waals surface area (Å²) in [7, 11) is 3.08. The van der Waals surface area contributed by atoms with Crippen molar-refractivity contribution in [1.29, 1.82) is 0 Å². The van der Waals surface area contributed by atoms with E-state index in [0.29, 0.717) is 22.9 Å². The molecular weight excluding hydrogens is 462 g/mol. The van der Waals surface area contributed by atoms with Crippen molar-refractivity contribution in [2.45, 2.75) is 12.6 Å². The molecule has 3 aromatic rings. The second-order valence-electron chi connectivity index (χ2n) is 6.96. The summed E-state index contributed by atoms with van der Waals surface area (Å²) in [6.07, 6.45) is 1.81. The van der Waals surface area contributed by atoms with E-state index in [1.165, 1.54) is 12.0 Å². The lowest BCUT2D eigenvalue weighted by Crippen LogP contribution is -2.58. The van der Waals surface area contributed by atoms with E-state index in [9.17, 15) is 9.59 Å². The number of aromatic nitrogens is 1. The standard InChI is InChI=1S/C23H20BrN3O4/c1-30-19-11-8-16(13-20(19)31-2)25-23(29)22-18-5-3-4-12-26(18)14-21(28)27(22)17-9-6-15(24)7-10-17/h3-13,22H,14H2,1-2H3/p+1. The van der Waals surface area contributed by atoms with Crippen LogP contribution in [0.25, 0.3) is 0 Å². The van der Waals surface area contributed by atoms with Crippen LogP contribution in [-0.4, -0.2) is 26.0 Å². The summed E-state index contributed by atoms with van der Waals surface area (Å²) in [6.45, 7) is 0.159. The summed E-state index contributed by atoms with van der Waals surface area (Å²) in [5, 5.41) is 2.92. The van der Waals surface area contributed by atoms with Crippen molar-refractivity contribution in [3.8, 4) is 11.5 Å². The van der Waals surface area contributed by atoms with Crippen molar-refractivity contribution >= 4 is 39.1 Å². The fourth-order valence-electron chi connectivity index (χ4n) is 3.65. The van der Waals surface area contributed by atoms with Gasteiger partial charge in [-0.3, -0.25) is 14.5 Å². The van der Waals surface area contributed by atoms with Crippen LogP contribution in [0.5, 0.6) is 11.5 Å². The second-order valence-corrected chi connectivity index (χ2v) is 7.87. The van der Waals surface area contributed by atoms with Crippen LogP contribution in [0.3, 0.4) is 0 Å². The predicted molar refractivity (Wildman–Crippen MR) is 119 cm³/mol. The number of methoxy groups -OCH3 is 2. The molecule has 1 aliphatic heterocycles. The number of hydrogen-bond donors (Lipinski definition) is 1. The number of nitrogens with zero attached hydrogens (tertiary/aromatic N) is 2. The first kappa shape index (κ1) is 20.9. The minimum atomic E-state index is -0.836. The molecule has 7 nitrogen and oxygen atoms in total. The number of rotatable bonds is 5. The average Bonchev–Trinajstić information content (AvgIpc) is 2.78. The fraction of sp³-hybridized carbons (Fsp3) is 0.174. The Labute approximate surface area is 188 Å². The maximum Gasteiger partial charge on any atom is 0.294 e. The lowest BCUT2D eigenvalue weighted by atomic mass is 10.0. The van der Waals surface area contributed by atoms with Gasteiger partial charge in [-0.05, 0) is 36.4 Å². The highest BCUT2D eigenvalue weighted by molar-refractivity contribution is 9.10. The lowest BCUT2D eigenvalue weighted by molar-refractivity contribution is -0.695. The van der Waals surface area contributed by atoms with Crippen LogP contribution in [-0.2, 0) is 16.1 Å². The van der Waals surface area contributed by atoms with E-state index in [1.54, 1.807) is 29.9 Å². The summed E-state index contributed by atoms with van der Waals surface area (Å²) in [5.74, 6) is 0.562. The first-order valence-electron chi connectivity index (χ1n) is 9.60. The normalized spacial score (nSPS) is 15.3. The molecule has 0 radical (unpaired) electrons. The molecule has 0 saturated heterocycles. The van der Waals surface area contributed by atoms with E-state index in [2.05, 4.69) is 21.2 Å². The van der Waals surface area contributed by atoms with Gasteiger partial charge in [0.2, 0.25) is 18.3 Å². The van der Waals surface area contributed by atoms with Crippen LogP contribution in [0.1, 0.15) is 11.7 Å². The maximum absolute atomic E-state index is 13.5. The van der Waals surface area contributed by atoms with Crippen LogP contribution in [0.2, 0.25) is 0 Å². The SMILES string of the molecule is COc1ccc(NC(=O)C2c3cccc[n+]3CC(=O)N2c2ccc(Br)cc2)cc1OC. The highest BCUT2D eigenvalue weighted by Crippen LogP contribution is 2.33. The van der Waals surface area contributed by atoms with Gasteiger partial charge in [-0.2, -0.15) is 4.57 Å². The van der Waals surface area contributed by atoms with Crippen LogP contribution in [0, 0.1) is 0 Å². The molecule has 0 fully saturated rings. The topological polar surface area (TPSA) is 71.8 Å². The predicted octanol–water partition coefficient (Wildman–Crippen LogP) is 3.48. The van der Waals surface area contributed by atoms with E-state index < -0.39 is 6.04 Å². The van der Waals surface area contributed by atoms with Crippen molar-refractivity contribution in [3.05, 3.63) is 77.0 Å². The van der Waals surface area contributed by atoms with Gasteiger partial charge < -0.3 is 14.8 Å². The molecule has 0 saturated carbocycles. The summed E-state index contributed by atoms with van der Waals surface area (Å²) in [6, 6.07) is 17.2. The number of halogens is 1. The number of carbonyl (C=O) groups is 2. The third-order valence-electron chi connectivity index (χ3n) is 5.09. The van der Waals surface area contributed by atoms with Crippen LogP contribution >= 0.6 is 15.9 Å². The van der Waals surface area contributed by atoms with Gasteiger partial charge in [-0.15, -0.1) is 0 Å². The minimum absolute atomic E-state index is 0.159. The van der Waals surface area contributed by atoms with Gasteiger partial charge in [0.15, 0.2) is 17.7 Å². The monoisotopic (exact) mass is 482 g/mol. The van der Waals surface area contributed by atoms with Crippen molar-refractivity contribution in [2.75, 3.05) is 24.4 Å². The molecule has 0 spiro atoms. The Balaban J connectivity index is 1.73. The van der Waals surface area contributed by atoms with E-state index >= 15 is 0 Å². The van der Waals surface area contributed by atoms with Gasteiger partial charge in [0.1, 0.15) is 0 Å². The zero-order valence-electron chi connectivity index (χ0n) is 17.0. The zero-order chi connectivity index (χ0) is 22.0. The number of pyridine rings is 1. The Bertz CT molecular complexity index is 1130. The zero-order valence-corrected chi connectivity index (χ0v) is 18.6. The molecule has 2 amide bonds. The number of fused-ring (bicyclic) bond motifs is 1. The number of ether oxygens (including phenoxy) is 2. The number of nitrogens with one attached hydrogen (secondary N) is 1. The van der Waals surface area contributed by atoms with Gasteiger partial charge in [0, 0.05) is 34.0 Å². The van der Waals surface area contributed by atoms with E-state index in [0.717, 1.165) is 10.2 Å². The molecule has 31 heavy (non-hydrogen) atoms. The highest BCUT2D eigenvalue weighted by atomic mass is 79.9. The van der Waals surface area contributed by atoms with Crippen LogP contribution in [0.4, 0.5) is 11.4 Å². The fourth-order valence-corrected chi connectivity index (χ4v) is 3.92. The molecule has 1 aliphatic rings. The van der Waals surface area contributed by atoms with Crippen molar-refractivity contribution < 1.29 is 23.6 Å². The quantitative estimate of drug-likeness (QED) is 0.565. The summed E-state index contributed by atoms with van der Waals surface area (Å²) < 4.78 is 13.3. The largest absolute Gasteiger partial charge is 0.493 e. The molecule has 1 atom stereocenters. The molecule has 158 valence electrons. The number of hydrogen-bond acceptors (Lipinski definition) is 4. The molecule has 0 aliphatic carbocycles. The van der Waals surface area contributed by atoms with Gasteiger partial charge in [0.05, 0.1) is 14.2 Å². The average molecular weight is 483 g/mol. The third kappa shape index (κ3) is 4.11. The van der Waals surface area contributed by atoms with E-state index in [-0.39, 0.29) is 18.4 Å². The Morgan fingerprint density at radius 2 is 1.81 bits per heavy atom. The Morgan fingerprint density at radius 1 is 1.06 bits per heavy atom. The molecule has 0 bridgehead atoms. The molecular formula is C23H21BrN3O4+. The Morgan fingerprint density at radius 3 is 2.52 bits per heavy atom. The number of anilines is 2. The van der Waals surface area contributed by atoms with Gasteiger partial charge in [0.25, 0.3) is 11.8 Å². The first-order chi connectivity index (χ1) is 15.0.